The van der Waals surface area contributed by atoms with Crippen LogP contribution in [0.5, 0.6) is 0 Å². The minimum Gasteiger partial charge on any atom is -0.443 e. The quantitative estimate of drug-likeness (QED) is 0.0418. The number of H-pyrrole nitrogens is 3. The van der Waals surface area contributed by atoms with Crippen molar-refractivity contribution in [1.29, 1.82) is 26.3 Å². The summed E-state index contributed by atoms with van der Waals surface area (Å²) in [4.78, 5) is 87.4. The fraction of sp³-hybridized carbons (Fsp3) is 0.267. The second-order valence-corrected chi connectivity index (χ2v) is 31.5. The molecule has 14 aromatic heterocycles. The molecule has 120 heavy (non-hydrogen) atoms. The van der Waals surface area contributed by atoms with Crippen molar-refractivity contribution in [1.82, 2.24) is 78.7 Å². The highest BCUT2D eigenvalue weighted by Gasteiger charge is 2.28. The van der Waals surface area contributed by atoms with Crippen LogP contribution in [-0.2, 0) is 59.0 Å². The summed E-state index contributed by atoms with van der Waals surface area (Å²) in [5.74, 6) is -1.95. The predicted octanol–water partition coefficient (Wildman–Crippen LogP) is 17.5. The lowest BCUT2D eigenvalue weighted by Gasteiger charge is -2.26. The number of nitriles is 5. The Morgan fingerprint density at radius 3 is 1.45 bits per heavy atom. The van der Waals surface area contributed by atoms with Gasteiger partial charge < -0.3 is 39.0 Å². The molecule has 0 aliphatic heterocycles. The minimum absolute atomic E-state index is 0.0502. The highest BCUT2D eigenvalue weighted by molar-refractivity contribution is 9.10. The maximum absolute atomic E-state index is 14.5. The first-order valence-corrected chi connectivity index (χ1v) is 38.1. The molecule has 28 nitrogen and oxygen atoms in total. The number of hydrogen-bond donors (Lipinski definition) is 3. The van der Waals surface area contributed by atoms with Gasteiger partial charge in [0.15, 0.2) is 0 Å². The average molecular weight is 1710 g/mol. The van der Waals surface area contributed by atoms with Crippen molar-refractivity contribution in [2.75, 3.05) is 33.1 Å². The summed E-state index contributed by atoms with van der Waals surface area (Å²) in [6.45, 7) is 17.4. The Bertz CT molecular complexity index is 6260. The SMILES string of the molecule is CC(C)(C)OC(=O)N(Cc1cncc(F)c1)c1ccc(Br)c(F)n1.CC(C)(C)OC(=O)n1cc(CCl)c2cc(C#N)cnc21.CN(C)Cc1c[nH]c2ncc(C#N)cc12.CN(C)Cc1cn(C(=O)OC(C)(C)C)c2ncc(C#N)cc12.N#Cc1cnc2[nH]cc(Cc3ccc(CCc4cncc(F)c4)nc3F)c2c1.N#Cc1cnc2[nH]ccc2c1. The van der Waals surface area contributed by atoms with E-state index in [0.29, 0.717) is 92.8 Å². The van der Waals surface area contributed by atoms with Gasteiger partial charge in [0, 0.05) is 138 Å². The minimum atomic E-state index is -0.765. The number of alkyl halides is 1. The molecule has 0 aromatic carbocycles. The second-order valence-electron chi connectivity index (χ2n) is 30.3. The largest absolute Gasteiger partial charge is 0.443 e. The van der Waals surface area contributed by atoms with E-state index in [2.05, 4.69) is 98.8 Å². The van der Waals surface area contributed by atoms with Crippen LogP contribution in [0.3, 0.4) is 0 Å². The Balaban J connectivity index is 0.000000167. The molecule has 0 bridgehead atoms. The number of aryl methyl sites for hydroxylation is 2. The van der Waals surface area contributed by atoms with Crippen LogP contribution in [0.1, 0.15) is 135 Å². The van der Waals surface area contributed by atoms with E-state index < -0.39 is 52.8 Å². The van der Waals surface area contributed by atoms with Crippen molar-refractivity contribution in [3.63, 3.8) is 0 Å². The number of aromatic amines is 3. The van der Waals surface area contributed by atoms with Crippen LogP contribution in [0.2, 0.25) is 0 Å². The topological polar surface area (TPSA) is 381 Å². The number of carbonyl (C=O) groups excluding carboxylic acids is 3. The van der Waals surface area contributed by atoms with E-state index in [4.69, 9.17) is 52.1 Å². The number of anilines is 1. The zero-order chi connectivity index (χ0) is 87.3. The van der Waals surface area contributed by atoms with E-state index in [1.165, 1.54) is 63.8 Å². The number of carbonyl (C=O) groups is 3. The van der Waals surface area contributed by atoms with Gasteiger partial charge in [-0.2, -0.15) is 35.1 Å². The predicted molar refractivity (Wildman–Crippen MR) is 446 cm³/mol. The third-order valence-corrected chi connectivity index (χ3v) is 17.5. The molecule has 0 saturated carbocycles. The van der Waals surface area contributed by atoms with Gasteiger partial charge in [-0.3, -0.25) is 14.9 Å². The Kier molecular flexibility index (Phi) is 30.3. The molecule has 0 fully saturated rings. The lowest BCUT2D eigenvalue weighted by Crippen LogP contribution is -2.37. The Morgan fingerprint density at radius 1 is 0.483 bits per heavy atom. The number of hydrogen-bond acceptors (Lipinski definition) is 22. The number of pyridine rings is 9. The third-order valence-electron chi connectivity index (χ3n) is 16.6. The normalized spacial score (nSPS) is 11.1. The van der Waals surface area contributed by atoms with Gasteiger partial charge in [0.05, 0.1) is 51.2 Å². The van der Waals surface area contributed by atoms with E-state index in [-0.39, 0.29) is 28.5 Å². The van der Waals surface area contributed by atoms with Crippen LogP contribution < -0.4 is 4.90 Å². The van der Waals surface area contributed by atoms with E-state index in [1.54, 1.807) is 121 Å². The molecule has 0 aliphatic carbocycles. The smallest absolute Gasteiger partial charge is 0.420 e. The number of nitrogens with zero attached hydrogens (tertiary/aromatic N) is 19. The number of amides is 1. The molecule has 14 aromatic rings. The molecule has 14 rings (SSSR count). The Hall–Kier alpha value is -13.9. The molecule has 0 spiro atoms. The number of rotatable bonds is 13. The lowest BCUT2D eigenvalue weighted by atomic mass is 10.0. The summed E-state index contributed by atoms with van der Waals surface area (Å²) < 4.78 is 73.7. The van der Waals surface area contributed by atoms with Gasteiger partial charge in [-0.15, -0.1) is 11.6 Å². The number of nitrogens with one attached hydrogen (secondary N) is 3. The average Bonchev–Trinajstić information content (AvgIpc) is 1.63. The highest BCUT2D eigenvalue weighted by Crippen LogP contribution is 2.29. The lowest BCUT2D eigenvalue weighted by molar-refractivity contribution is 0.0532. The van der Waals surface area contributed by atoms with Gasteiger partial charge in [0.2, 0.25) is 11.9 Å². The van der Waals surface area contributed by atoms with Crippen molar-refractivity contribution < 1.29 is 46.2 Å². The van der Waals surface area contributed by atoms with Crippen molar-refractivity contribution in [3.05, 3.63) is 260 Å². The van der Waals surface area contributed by atoms with E-state index in [9.17, 15) is 31.9 Å². The van der Waals surface area contributed by atoms with E-state index >= 15 is 0 Å². The number of fused-ring (bicyclic) bond motifs is 5. The van der Waals surface area contributed by atoms with Gasteiger partial charge in [0.25, 0.3) is 0 Å². The summed E-state index contributed by atoms with van der Waals surface area (Å²) in [6, 6.07) is 30.0. The molecule has 1 amide bonds. The van der Waals surface area contributed by atoms with Crippen molar-refractivity contribution in [2.24, 2.45) is 0 Å². The summed E-state index contributed by atoms with van der Waals surface area (Å²) in [5.41, 5.74) is 9.76. The van der Waals surface area contributed by atoms with Crippen molar-refractivity contribution in [3.8, 4) is 30.3 Å². The van der Waals surface area contributed by atoms with Gasteiger partial charge >= 0.3 is 18.3 Å². The zero-order valence-electron chi connectivity index (χ0n) is 67.7. The zero-order valence-corrected chi connectivity index (χ0v) is 70.0. The van der Waals surface area contributed by atoms with Gasteiger partial charge in [-0.05, 0) is 219 Å². The summed E-state index contributed by atoms with van der Waals surface area (Å²) in [7, 11) is 7.91. The van der Waals surface area contributed by atoms with Crippen LogP contribution in [0.25, 0.3) is 55.2 Å². The first kappa shape index (κ1) is 90.0. The number of aromatic nitrogens is 14. The maximum atomic E-state index is 14.5. The third kappa shape index (κ3) is 25.3. The summed E-state index contributed by atoms with van der Waals surface area (Å²) in [6.07, 6.45) is 21.2. The Morgan fingerprint density at radius 2 is 0.950 bits per heavy atom. The Labute approximate surface area is 701 Å². The van der Waals surface area contributed by atoms with Crippen molar-refractivity contribution in [2.45, 2.75) is 124 Å². The van der Waals surface area contributed by atoms with Gasteiger partial charge in [-0.25, -0.2) is 67.2 Å². The fourth-order valence-electron chi connectivity index (χ4n) is 11.5. The van der Waals surface area contributed by atoms with Crippen LogP contribution in [-0.4, -0.2) is 142 Å². The molecular formula is C86H82BrClF4N22O6. The molecule has 3 N–H and O–H groups in total. The standard InChI is InChI=1S/C21H15F2N5.C16H16BrF2N3O2.C16H20N4O2.C14H14ClN3O2.C11H12N4.C8H5N3/c22-17-5-13(9-25-12-17)1-3-18-4-2-15(20(23)28-18)7-16-11-27-21-19(16)6-14(8-24)10-26-21;1-16(2,3)24-15(23)22(9-10-6-11(18)8-20-7-10)13-5-4-12(17)14(19)21-13;1-16(2,3)22-15(21)20-10-12(9-19(4)5)13-6-11(7-17)8-18-14(13)20;1-14(2,3)20-13(19)18-8-10(5-15)11-4-9(6-16)7-17-12(11)18;1-15(2)7-9-6-14-11-10(9)3-8(4-12)5-13-11;9-4-6-3-7-1-2-10-8(7)11-5-6/h2,4-6,9-12H,1,3,7H2,(H,26,27);4-8H,9H2,1-3H3;6,8,10H,9H2,1-5H3;4,7-8H,5H2,1-3H3;3,5-6H,7H2,1-2H3,(H,13,14);1-3,5H,(H,10,11). The first-order chi connectivity index (χ1) is 56.9. The monoisotopic (exact) mass is 1710 g/mol. The van der Waals surface area contributed by atoms with E-state index in [0.717, 1.165) is 78.9 Å². The second kappa shape index (κ2) is 40.3. The molecule has 34 heteroatoms. The molecule has 0 unspecified atom stereocenters. The molecule has 0 aliphatic rings. The molecule has 614 valence electrons. The summed E-state index contributed by atoms with van der Waals surface area (Å²) in [5, 5.41) is 48.6. The van der Waals surface area contributed by atoms with E-state index in [1.807, 2.05) is 84.3 Å². The van der Waals surface area contributed by atoms with Crippen LogP contribution >= 0.6 is 27.5 Å². The highest BCUT2D eigenvalue weighted by atomic mass is 79.9. The van der Waals surface area contributed by atoms with Gasteiger partial charge in [0.1, 0.15) is 92.8 Å². The van der Waals surface area contributed by atoms with Crippen LogP contribution in [0.15, 0.2) is 164 Å². The molecule has 0 saturated heterocycles. The maximum Gasteiger partial charge on any atom is 0.420 e. The summed E-state index contributed by atoms with van der Waals surface area (Å²) >= 11 is 8.89. The molecule has 0 atom stereocenters. The number of halogens is 6. The molecule has 14 heterocycles. The van der Waals surface area contributed by atoms with Crippen LogP contribution in [0, 0.1) is 80.2 Å². The number of ether oxygens (including phenoxy) is 3. The molecule has 0 radical (unpaired) electrons. The van der Waals surface area contributed by atoms with Crippen LogP contribution in [0.4, 0.5) is 37.8 Å². The first-order valence-electron chi connectivity index (χ1n) is 36.8. The molecular weight excluding hydrogens is 1630 g/mol. The van der Waals surface area contributed by atoms with Crippen molar-refractivity contribution >= 4 is 107 Å². The fourth-order valence-corrected chi connectivity index (χ4v) is 11.9. The van der Waals surface area contributed by atoms with Gasteiger partial charge in [-0.1, -0.05) is 6.07 Å².